The van der Waals surface area contributed by atoms with E-state index in [9.17, 15) is 12.8 Å². The summed E-state index contributed by atoms with van der Waals surface area (Å²) < 4.78 is 40.6. The number of nitrogens with one attached hydrogen (secondary N) is 1. The Bertz CT molecular complexity index is 861. The first-order chi connectivity index (χ1) is 13.0. The number of hydrogen-bond donors (Lipinski definition) is 1. The first-order valence-electron chi connectivity index (χ1n) is 8.65. The molecule has 0 amide bonds. The van der Waals surface area contributed by atoms with Crippen LogP contribution in [0.1, 0.15) is 6.42 Å². The lowest BCUT2D eigenvalue weighted by molar-refractivity contribution is 0.254. The van der Waals surface area contributed by atoms with Crippen LogP contribution < -0.4 is 9.62 Å². The fourth-order valence-electron chi connectivity index (χ4n) is 2.91. The molecule has 2 heterocycles. The quantitative estimate of drug-likeness (QED) is 0.697. The summed E-state index contributed by atoms with van der Waals surface area (Å²) in [6, 6.07) is 5.31. The number of halogens is 2. The second-order valence-corrected chi connectivity index (χ2v) is 8.38. The standard InChI is InChI=1S/C17H21ClFN5O2S/c18-14-3-4-16(15(19)13-14)27(25,26)22-7-2-8-23-9-11-24(12-10-23)17-20-5-1-6-21-17/h1,3-6,13,22H,2,7-12H2. The number of piperazine rings is 1. The van der Waals surface area contributed by atoms with E-state index in [1.54, 1.807) is 18.5 Å². The Morgan fingerprint density at radius 3 is 2.52 bits per heavy atom. The van der Waals surface area contributed by atoms with Crippen LogP contribution in [0.2, 0.25) is 5.02 Å². The molecule has 7 nitrogen and oxygen atoms in total. The number of anilines is 1. The van der Waals surface area contributed by atoms with E-state index < -0.39 is 15.8 Å². The van der Waals surface area contributed by atoms with Gasteiger partial charge in [0.05, 0.1) is 0 Å². The van der Waals surface area contributed by atoms with Gasteiger partial charge in [0.1, 0.15) is 10.7 Å². The van der Waals surface area contributed by atoms with Crippen molar-refractivity contribution in [2.45, 2.75) is 11.3 Å². The Balaban J connectivity index is 1.42. The molecule has 1 aromatic heterocycles. The average Bonchev–Trinajstić information content (AvgIpc) is 2.66. The molecule has 1 saturated heterocycles. The van der Waals surface area contributed by atoms with E-state index >= 15 is 0 Å². The second kappa shape index (κ2) is 8.92. The minimum atomic E-state index is -3.88. The van der Waals surface area contributed by atoms with Crippen LogP contribution in [0.4, 0.5) is 10.3 Å². The van der Waals surface area contributed by atoms with E-state index in [2.05, 4.69) is 24.5 Å². The summed E-state index contributed by atoms with van der Waals surface area (Å²) in [5.41, 5.74) is 0. The Kier molecular flexibility index (Phi) is 6.59. The van der Waals surface area contributed by atoms with Crippen molar-refractivity contribution in [3.8, 4) is 0 Å². The monoisotopic (exact) mass is 413 g/mol. The van der Waals surface area contributed by atoms with Gasteiger partial charge in [-0.2, -0.15) is 0 Å². The molecular formula is C17H21ClFN5O2S. The number of benzene rings is 1. The maximum atomic E-state index is 13.8. The predicted octanol–water partition coefficient (Wildman–Crippen LogP) is 1.76. The molecule has 0 saturated carbocycles. The summed E-state index contributed by atoms with van der Waals surface area (Å²) in [6.07, 6.45) is 4.09. The zero-order valence-electron chi connectivity index (χ0n) is 14.7. The van der Waals surface area contributed by atoms with E-state index in [0.29, 0.717) is 6.42 Å². The van der Waals surface area contributed by atoms with E-state index in [1.807, 2.05) is 0 Å². The number of sulfonamides is 1. The molecule has 0 spiro atoms. The van der Waals surface area contributed by atoms with Gasteiger partial charge < -0.3 is 4.90 Å². The molecule has 0 unspecified atom stereocenters. The molecule has 10 heteroatoms. The van der Waals surface area contributed by atoms with Crippen molar-refractivity contribution < 1.29 is 12.8 Å². The highest BCUT2D eigenvalue weighted by Gasteiger charge is 2.20. The maximum Gasteiger partial charge on any atom is 0.243 e. The summed E-state index contributed by atoms with van der Waals surface area (Å²) in [6.45, 7) is 4.37. The van der Waals surface area contributed by atoms with Crippen LogP contribution in [0.25, 0.3) is 0 Å². The fraction of sp³-hybridized carbons (Fsp3) is 0.412. The Morgan fingerprint density at radius 2 is 1.85 bits per heavy atom. The molecule has 0 bridgehead atoms. The third-order valence-corrected chi connectivity index (χ3v) is 6.06. The van der Waals surface area contributed by atoms with Crippen LogP contribution in [-0.2, 0) is 10.0 Å². The molecule has 1 fully saturated rings. The minimum Gasteiger partial charge on any atom is -0.338 e. The van der Waals surface area contributed by atoms with Crippen molar-refractivity contribution in [3.05, 3.63) is 47.5 Å². The number of nitrogens with zero attached hydrogens (tertiary/aromatic N) is 4. The van der Waals surface area contributed by atoms with Crippen LogP contribution >= 0.6 is 11.6 Å². The van der Waals surface area contributed by atoms with Gasteiger partial charge >= 0.3 is 0 Å². The smallest absolute Gasteiger partial charge is 0.243 e. The molecular weight excluding hydrogens is 393 g/mol. The molecule has 27 heavy (non-hydrogen) atoms. The molecule has 1 aliphatic heterocycles. The van der Waals surface area contributed by atoms with E-state index in [0.717, 1.165) is 44.7 Å². The van der Waals surface area contributed by atoms with Crippen LogP contribution in [0.3, 0.4) is 0 Å². The highest BCUT2D eigenvalue weighted by Crippen LogP contribution is 2.18. The van der Waals surface area contributed by atoms with Crippen LogP contribution in [0.15, 0.2) is 41.6 Å². The first kappa shape index (κ1) is 19.9. The summed E-state index contributed by atoms with van der Waals surface area (Å²) in [5, 5.41) is 0.159. The lowest BCUT2D eigenvalue weighted by atomic mass is 10.3. The lowest BCUT2D eigenvalue weighted by Gasteiger charge is -2.34. The molecule has 3 rings (SSSR count). The van der Waals surface area contributed by atoms with Crippen molar-refractivity contribution in [1.82, 2.24) is 19.6 Å². The molecule has 146 valence electrons. The Labute approximate surface area is 163 Å². The van der Waals surface area contributed by atoms with Gasteiger partial charge in [0, 0.05) is 50.1 Å². The van der Waals surface area contributed by atoms with Crippen molar-refractivity contribution in [2.24, 2.45) is 0 Å². The SMILES string of the molecule is O=S(=O)(NCCCN1CCN(c2ncccn2)CC1)c1ccc(Cl)cc1F. The van der Waals surface area contributed by atoms with E-state index in [1.165, 1.54) is 12.1 Å². The Morgan fingerprint density at radius 1 is 1.15 bits per heavy atom. The van der Waals surface area contributed by atoms with Gasteiger partial charge in [0.15, 0.2) is 0 Å². The summed E-state index contributed by atoms with van der Waals surface area (Å²) in [4.78, 5) is 12.5. The predicted molar refractivity (Wildman–Crippen MR) is 102 cm³/mol. The van der Waals surface area contributed by atoms with Crippen LogP contribution in [-0.4, -0.2) is 62.6 Å². The molecule has 2 aromatic rings. The summed E-state index contributed by atoms with van der Waals surface area (Å²) in [7, 11) is -3.88. The van der Waals surface area contributed by atoms with Gasteiger partial charge in [0.2, 0.25) is 16.0 Å². The van der Waals surface area contributed by atoms with Crippen molar-refractivity contribution in [3.63, 3.8) is 0 Å². The summed E-state index contributed by atoms with van der Waals surface area (Å²) >= 11 is 5.66. The molecule has 0 atom stereocenters. The van der Waals surface area contributed by atoms with E-state index in [4.69, 9.17) is 11.6 Å². The van der Waals surface area contributed by atoms with Gasteiger partial charge in [-0.25, -0.2) is 27.5 Å². The van der Waals surface area contributed by atoms with Crippen molar-refractivity contribution in [2.75, 3.05) is 44.2 Å². The van der Waals surface area contributed by atoms with Gasteiger partial charge in [-0.15, -0.1) is 0 Å². The third kappa shape index (κ3) is 5.35. The maximum absolute atomic E-state index is 13.8. The van der Waals surface area contributed by atoms with Crippen LogP contribution in [0, 0.1) is 5.82 Å². The number of aromatic nitrogens is 2. The minimum absolute atomic E-state index is 0.159. The molecule has 0 aliphatic carbocycles. The highest BCUT2D eigenvalue weighted by molar-refractivity contribution is 7.89. The molecule has 1 N–H and O–H groups in total. The van der Waals surface area contributed by atoms with E-state index in [-0.39, 0.29) is 16.5 Å². The fourth-order valence-corrected chi connectivity index (χ4v) is 4.20. The number of hydrogen-bond acceptors (Lipinski definition) is 6. The molecule has 1 aliphatic rings. The lowest BCUT2D eigenvalue weighted by Crippen LogP contribution is -2.47. The normalized spacial score (nSPS) is 15.9. The van der Waals surface area contributed by atoms with Gasteiger partial charge in [0.25, 0.3) is 0 Å². The molecule has 0 radical (unpaired) electrons. The van der Waals surface area contributed by atoms with Crippen molar-refractivity contribution >= 4 is 27.6 Å². The first-order valence-corrected chi connectivity index (χ1v) is 10.5. The third-order valence-electron chi connectivity index (χ3n) is 4.33. The highest BCUT2D eigenvalue weighted by atomic mass is 35.5. The largest absolute Gasteiger partial charge is 0.338 e. The molecule has 1 aromatic carbocycles. The van der Waals surface area contributed by atoms with Crippen molar-refractivity contribution in [1.29, 1.82) is 0 Å². The van der Waals surface area contributed by atoms with Gasteiger partial charge in [-0.1, -0.05) is 11.6 Å². The van der Waals surface area contributed by atoms with Gasteiger partial charge in [-0.05, 0) is 37.2 Å². The topological polar surface area (TPSA) is 78.4 Å². The number of rotatable bonds is 7. The average molecular weight is 414 g/mol. The zero-order chi connectivity index (χ0) is 19.3. The van der Waals surface area contributed by atoms with Gasteiger partial charge in [-0.3, -0.25) is 4.90 Å². The Hall–Kier alpha value is -1.81. The van der Waals surface area contributed by atoms with Crippen LogP contribution in [0.5, 0.6) is 0 Å². The zero-order valence-corrected chi connectivity index (χ0v) is 16.3. The second-order valence-electron chi connectivity index (χ2n) is 6.20. The summed E-state index contributed by atoms with van der Waals surface area (Å²) in [5.74, 6) is -0.121.